The fourth-order valence-electron chi connectivity index (χ4n) is 3.80. The topological polar surface area (TPSA) is 114 Å². The van der Waals surface area contributed by atoms with Gasteiger partial charge in [0.25, 0.3) is 5.91 Å². The number of likely N-dealkylation sites (tertiary alicyclic amines) is 1. The first-order valence-electron chi connectivity index (χ1n) is 11.3. The normalized spacial score (nSPS) is 18.7. The number of ether oxygens (including phenoxy) is 2. The Morgan fingerprint density at radius 2 is 1.82 bits per heavy atom. The van der Waals surface area contributed by atoms with E-state index >= 15 is 0 Å². The Labute approximate surface area is 195 Å². The molecule has 9 heteroatoms. The van der Waals surface area contributed by atoms with Gasteiger partial charge in [-0.2, -0.15) is 0 Å². The van der Waals surface area contributed by atoms with Gasteiger partial charge in [-0.25, -0.2) is 9.59 Å². The van der Waals surface area contributed by atoms with Gasteiger partial charge in [0.05, 0.1) is 19.7 Å². The summed E-state index contributed by atoms with van der Waals surface area (Å²) in [4.78, 5) is 51.4. The molecule has 182 valence electrons. The lowest BCUT2D eigenvalue weighted by Gasteiger charge is -2.26. The molecule has 1 aromatic carbocycles. The zero-order valence-corrected chi connectivity index (χ0v) is 20.1. The number of carbonyl (C=O) groups excluding carboxylic acids is 4. The van der Waals surface area contributed by atoms with Crippen molar-refractivity contribution in [2.45, 2.75) is 65.1 Å². The van der Waals surface area contributed by atoms with E-state index < -0.39 is 41.4 Å². The molecule has 1 fully saturated rings. The maximum Gasteiger partial charge on any atom is 0.409 e. The molecule has 33 heavy (non-hydrogen) atoms. The first kappa shape index (κ1) is 26.2. The van der Waals surface area contributed by atoms with Crippen molar-refractivity contribution < 1.29 is 28.7 Å². The van der Waals surface area contributed by atoms with Gasteiger partial charge in [-0.15, -0.1) is 0 Å². The van der Waals surface area contributed by atoms with Crippen molar-refractivity contribution >= 4 is 23.9 Å². The Morgan fingerprint density at radius 1 is 1.15 bits per heavy atom. The van der Waals surface area contributed by atoms with Gasteiger partial charge in [-0.05, 0) is 18.9 Å². The third-order valence-corrected chi connectivity index (χ3v) is 5.86. The highest BCUT2D eigenvalue weighted by Crippen LogP contribution is 2.32. The number of Topliss-reactive ketones (excluding diaryl/α,β-unsaturated/α-hetero) is 1. The number of carbonyl (C=O) groups is 4. The molecule has 1 aromatic rings. The van der Waals surface area contributed by atoms with E-state index in [4.69, 9.17) is 9.47 Å². The standard InChI is InChI=1S/C24H35N3O6/c1-6-7-13-18(20(28)21(29)25-16(2)17-11-9-8-10-12-17)26-22(30)33-19-14-27(23(31)32-5)15-24(19,3)4/h8-12,16,18-19H,6-7,13-15H2,1-5H3,(H,25,29)(H,26,30)/t16-,18+,19-/m1/s1. The number of benzene rings is 1. The van der Waals surface area contributed by atoms with Crippen molar-refractivity contribution in [3.05, 3.63) is 35.9 Å². The Bertz CT molecular complexity index is 842. The van der Waals surface area contributed by atoms with Gasteiger partial charge in [0.1, 0.15) is 12.1 Å². The molecule has 0 aromatic heterocycles. The molecule has 2 rings (SSSR count). The van der Waals surface area contributed by atoms with Gasteiger partial charge < -0.3 is 25.0 Å². The maximum absolute atomic E-state index is 12.8. The molecule has 0 aliphatic carbocycles. The van der Waals surface area contributed by atoms with E-state index in [-0.39, 0.29) is 12.6 Å². The maximum atomic E-state index is 12.8. The van der Waals surface area contributed by atoms with Gasteiger partial charge in [0.2, 0.25) is 5.78 Å². The summed E-state index contributed by atoms with van der Waals surface area (Å²) in [6, 6.07) is 7.95. The quantitative estimate of drug-likeness (QED) is 0.546. The van der Waals surface area contributed by atoms with E-state index in [0.717, 1.165) is 12.0 Å². The van der Waals surface area contributed by atoms with Crippen molar-refractivity contribution in [2.75, 3.05) is 20.2 Å². The van der Waals surface area contributed by atoms with Gasteiger partial charge in [0, 0.05) is 12.0 Å². The van der Waals surface area contributed by atoms with Crippen molar-refractivity contribution in [2.24, 2.45) is 5.41 Å². The van der Waals surface area contributed by atoms with Crippen LogP contribution in [0, 0.1) is 5.41 Å². The lowest BCUT2D eigenvalue weighted by atomic mass is 9.90. The van der Waals surface area contributed by atoms with Crippen LogP contribution < -0.4 is 10.6 Å². The van der Waals surface area contributed by atoms with E-state index in [0.29, 0.717) is 19.4 Å². The van der Waals surface area contributed by atoms with Crippen molar-refractivity contribution in [1.29, 1.82) is 0 Å². The minimum atomic E-state index is -0.998. The highest BCUT2D eigenvalue weighted by atomic mass is 16.6. The number of rotatable bonds is 9. The summed E-state index contributed by atoms with van der Waals surface area (Å²) in [6.45, 7) is 8.07. The van der Waals surface area contributed by atoms with Gasteiger partial charge >= 0.3 is 12.2 Å². The number of alkyl carbamates (subject to hydrolysis) is 1. The molecular formula is C24H35N3O6. The summed E-state index contributed by atoms with van der Waals surface area (Å²) < 4.78 is 10.3. The number of ketones is 1. The van der Waals surface area contributed by atoms with Gasteiger partial charge in [-0.3, -0.25) is 9.59 Å². The number of unbranched alkanes of at least 4 members (excludes halogenated alkanes) is 1. The van der Waals surface area contributed by atoms with E-state index in [9.17, 15) is 19.2 Å². The summed E-state index contributed by atoms with van der Waals surface area (Å²) in [5.41, 5.74) is 0.381. The highest BCUT2D eigenvalue weighted by molar-refractivity contribution is 6.38. The predicted molar refractivity (Wildman–Crippen MR) is 122 cm³/mol. The number of nitrogens with one attached hydrogen (secondary N) is 2. The van der Waals surface area contributed by atoms with Crippen LogP contribution in [0.15, 0.2) is 30.3 Å². The summed E-state index contributed by atoms with van der Waals surface area (Å²) >= 11 is 0. The van der Waals surface area contributed by atoms with Gasteiger partial charge in [-0.1, -0.05) is 63.9 Å². The molecule has 1 heterocycles. The van der Waals surface area contributed by atoms with Crippen LogP contribution >= 0.6 is 0 Å². The Hall–Kier alpha value is -3.10. The molecule has 3 atom stereocenters. The molecule has 0 radical (unpaired) electrons. The van der Waals surface area contributed by atoms with Crippen molar-refractivity contribution in [1.82, 2.24) is 15.5 Å². The molecule has 1 saturated heterocycles. The molecule has 0 unspecified atom stereocenters. The first-order valence-corrected chi connectivity index (χ1v) is 11.3. The molecule has 3 amide bonds. The summed E-state index contributed by atoms with van der Waals surface area (Å²) in [6.07, 6.45) is -0.0893. The SMILES string of the molecule is CCCC[C@H](NC(=O)O[C@@H]1CN(C(=O)OC)CC1(C)C)C(=O)C(=O)N[C@H](C)c1ccccc1. The largest absolute Gasteiger partial charge is 0.453 e. The van der Waals surface area contributed by atoms with Crippen LogP contribution in [-0.2, 0) is 19.1 Å². The number of methoxy groups -OCH3 is 1. The van der Waals surface area contributed by atoms with E-state index in [1.54, 1.807) is 6.92 Å². The number of nitrogens with zero attached hydrogens (tertiary/aromatic N) is 1. The smallest absolute Gasteiger partial charge is 0.409 e. The third kappa shape index (κ3) is 7.20. The molecule has 0 saturated carbocycles. The Balaban J connectivity index is 2.00. The van der Waals surface area contributed by atoms with Crippen LogP contribution in [0.4, 0.5) is 9.59 Å². The second kappa shape index (κ2) is 11.7. The van der Waals surface area contributed by atoms with Crippen LogP contribution in [0.5, 0.6) is 0 Å². The monoisotopic (exact) mass is 461 g/mol. The van der Waals surface area contributed by atoms with Crippen LogP contribution in [0.2, 0.25) is 0 Å². The molecule has 0 bridgehead atoms. The second-order valence-corrected chi connectivity index (χ2v) is 9.04. The van der Waals surface area contributed by atoms with Crippen LogP contribution in [0.25, 0.3) is 0 Å². The van der Waals surface area contributed by atoms with Crippen LogP contribution in [0.1, 0.15) is 58.6 Å². The summed E-state index contributed by atoms with van der Waals surface area (Å²) in [7, 11) is 1.30. The second-order valence-electron chi connectivity index (χ2n) is 9.04. The average Bonchev–Trinajstić information content (AvgIpc) is 3.09. The first-order chi connectivity index (χ1) is 15.6. The highest BCUT2D eigenvalue weighted by Gasteiger charge is 2.44. The van der Waals surface area contributed by atoms with Gasteiger partial charge in [0.15, 0.2) is 0 Å². The zero-order valence-electron chi connectivity index (χ0n) is 20.1. The van der Waals surface area contributed by atoms with E-state index in [1.165, 1.54) is 12.0 Å². The molecule has 1 aliphatic heterocycles. The number of hydrogen-bond acceptors (Lipinski definition) is 6. The third-order valence-electron chi connectivity index (χ3n) is 5.86. The lowest BCUT2D eigenvalue weighted by molar-refractivity contribution is -0.139. The fourth-order valence-corrected chi connectivity index (χ4v) is 3.80. The summed E-state index contributed by atoms with van der Waals surface area (Å²) in [5.74, 6) is -1.48. The molecule has 0 spiro atoms. The minimum Gasteiger partial charge on any atom is -0.453 e. The minimum absolute atomic E-state index is 0.190. The van der Waals surface area contributed by atoms with Crippen molar-refractivity contribution in [3.8, 4) is 0 Å². The Kier molecular flexibility index (Phi) is 9.25. The number of amides is 3. The molecular weight excluding hydrogens is 426 g/mol. The van der Waals surface area contributed by atoms with Crippen LogP contribution in [0.3, 0.4) is 0 Å². The predicted octanol–water partition coefficient (Wildman–Crippen LogP) is 3.19. The fraction of sp³-hybridized carbons (Fsp3) is 0.583. The zero-order chi connectivity index (χ0) is 24.6. The van der Waals surface area contributed by atoms with E-state index in [2.05, 4.69) is 10.6 Å². The van der Waals surface area contributed by atoms with Crippen LogP contribution in [-0.4, -0.2) is 61.1 Å². The molecule has 9 nitrogen and oxygen atoms in total. The van der Waals surface area contributed by atoms with E-state index in [1.807, 2.05) is 51.1 Å². The average molecular weight is 462 g/mol. The lowest BCUT2D eigenvalue weighted by Crippen LogP contribution is -2.49. The Morgan fingerprint density at radius 3 is 2.42 bits per heavy atom. The molecule has 2 N–H and O–H groups in total. The van der Waals surface area contributed by atoms with Crippen molar-refractivity contribution in [3.63, 3.8) is 0 Å². The summed E-state index contributed by atoms with van der Waals surface area (Å²) in [5, 5.41) is 5.26. The molecule has 1 aliphatic rings. The number of hydrogen-bond donors (Lipinski definition) is 2.